The molecule has 1 heterocycles. The smallest absolute Gasteiger partial charge is 0.238 e. The molecule has 126 valence electrons. The van der Waals surface area contributed by atoms with E-state index in [0.29, 0.717) is 0 Å². The Kier molecular flexibility index (Phi) is 5.11. The number of rotatable bonds is 4. The number of aryl methyl sites for hydroxylation is 1. The van der Waals surface area contributed by atoms with Crippen LogP contribution in [-0.4, -0.2) is 43.5 Å². The molecule has 1 amide bonds. The number of hydrogen-bond donors (Lipinski definition) is 1. The summed E-state index contributed by atoms with van der Waals surface area (Å²) in [6.45, 7) is 5.78. The predicted octanol–water partition coefficient (Wildman–Crippen LogP) is 2.89. The van der Waals surface area contributed by atoms with Crippen LogP contribution in [0.1, 0.15) is 5.56 Å². The molecule has 2 aromatic rings. The van der Waals surface area contributed by atoms with Crippen molar-refractivity contribution in [1.29, 1.82) is 0 Å². The highest BCUT2D eigenvalue weighted by Gasteiger charge is 2.19. The first-order valence-electron chi connectivity index (χ1n) is 8.20. The number of anilines is 2. The molecule has 1 saturated heterocycles. The Morgan fingerprint density at radius 1 is 1.08 bits per heavy atom. The van der Waals surface area contributed by atoms with E-state index < -0.39 is 5.82 Å². The van der Waals surface area contributed by atoms with Crippen molar-refractivity contribution in [3.8, 4) is 0 Å². The summed E-state index contributed by atoms with van der Waals surface area (Å²) in [5.74, 6) is -0.584. The van der Waals surface area contributed by atoms with E-state index in [2.05, 4.69) is 46.3 Å². The number of nitrogens with zero attached hydrogens (tertiary/aromatic N) is 2. The third-order valence-corrected chi connectivity index (χ3v) is 4.25. The summed E-state index contributed by atoms with van der Waals surface area (Å²) in [5, 5.41) is 2.64. The maximum Gasteiger partial charge on any atom is 0.238 e. The first kappa shape index (κ1) is 16.5. The Labute approximate surface area is 141 Å². The van der Waals surface area contributed by atoms with Gasteiger partial charge in [-0.2, -0.15) is 0 Å². The molecule has 2 aromatic carbocycles. The molecule has 5 heteroatoms. The Bertz CT molecular complexity index is 711. The van der Waals surface area contributed by atoms with Crippen molar-refractivity contribution in [1.82, 2.24) is 4.90 Å². The molecular formula is C19H22FN3O. The second-order valence-corrected chi connectivity index (χ2v) is 6.13. The normalized spacial score (nSPS) is 15.3. The van der Waals surface area contributed by atoms with Gasteiger partial charge in [-0.3, -0.25) is 9.69 Å². The van der Waals surface area contributed by atoms with Gasteiger partial charge in [0.05, 0.1) is 12.2 Å². The monoisotopic (exact) mass is 327 g/mol. The van der Waals surface area contributed by atoms with Crippen LogP contribution in [0.4, 0.5) is 15.8 Å². The largest absolute Gasteiger partial charge is 0.369 e. The molecule has 1 N–H and O–H groups in total. The molecular weight excluding hydrogens is 305 g/mol. The van der Waals surface area contributed by atoms with Gasteiger partial charge in [0.1, 0.15) is 5.82 Å². The van der Waals surface area contributed by atoms with E-state index in [1.165, 1.54) is 17.3 Å². The van der Waals surface area contributed by atoms with Crippen molar-refractivity contribution in [2.45, 2.75) is 6.92 Å². The van der Waals surface area contributed by atoms with E-state index in [1.807, 2.05) is 0 Å². The lowest BCUT2D eigenvalue weighted by atomic mass is 10.2. The molecule has 1 aliphatic rings. The standard InChI is InChI=1S/C19H22FN3O/c1-15-5-4-6-16(13-15)23-11-9-22(10-12-23)14-19(24)21-18-8-3-2-7-17(18)20/h2-8,13H,9-12,14H2,1H3,(H,21,24). The molecule has 0 unspecified atom stereocenters. The maximum absolute atomic E-state index is 13.6. The Morgan fingerprint density at radius 3 is 2.54 bits per heavy atom. The number of amides is 1. The third kappa shape index (κ3) is 4.11. The number of halogens is 1. The summed E-state index contributed by atoms with van der Waals surface area (Å²) >= 11 is 0. The van der Waals surface area contributed by atoms with Crippen LogP contribution in [0.15, 0.2) is 48.5 Å². The van der Waals surface area contributed by atoms with Gasteiger partial charge in [0.15, 0.2) is 0 Å². The lowest BCUT2D eigenvalue weighted by Crippen LogP contribution is -2.48. The van der Waals surface area contributed by atoms with Gasteiger partial charge in [0.2, 0.25) is 5.91 Å². The number of carbonyl (C=O) groups is 1. The van der Waals surface area contributed by atoms with Gasteiger partial charge in [0.25, 0.3) is 0 Å². The SMILES string of the molecule is Cc1cccc(N2CCN(CC(=O)Nc3ccccc3F)CC2)c1. The van der Waals surface area contributed by atoms with Crippen LogP contribution < -0.4 is 10.2 Å². The number of para-hydroxylation sites is 1. The average Bonchev–Trinajstić information content (AvgIpc) is 2.58. The fourth-order valence-electron chi connectivity index (χ4n) is 2.94. The fourth-order valence-corrected chi connectivity index (χ4v) is 2.94. The molecule has 0 saturated carbocycles. The van der Waals surface area contributed by atoms with Crippen molar-refractivity contribution in [3.05, 3.63) is 59.9 Å². The molecule has 0 aromatic heterocycles. The Morgan fingerprint density at radius 2 is 1.83 bits per heavy atom. The number of carbonyl (C=O) groups excluding carboxylic acids is 1. The summed E-state index contributed by atoms with van der Waals surface area (Å²) in [6.07, 6.45) is 0. The summed E-state index contributed by atoms with van der Waals surface area (Å²) < 4.78 is 13.6. The fraction of sp³-hybridized carbons (Fsp3) is 0.316. The van der Waals surface area contributed by atoms with E-state index >= 15 is 0 Å². The maximum atomic E-state index is 13.6. The molecule has 1 aliphatic heterocycles. The van der Waals surface area contributed by atoms with E-state index in [0.717, 1.165) is 26.2 Å². The molecule has 0 aliphatic carbocycles. The second-order valence-electron chi connectivity index (χ2n) is 6.13. The van der Waals surface area contributed by atoms with Crippen LogP contribution in [0.25, 0.3) is 0 Å². The molecule has 0 spiro atoms. The van der Waals surface area contributed by atoms with E-state index in [9.17, 15) is 9.18 Å². The van der Waals surface area contributed by atoms with Crippen LogP contribution in [0, 0.1) is 12.7 Å². The van der Waals surface area contributed by atoms with Crippen LogP contribution in [0.5, 0.6) is 0 Å². The molecule has 4 nitrogen and oxygen atoms in total. The highest BCUT2D eigenvalue weighted by molar-refractivity contribution is 5.92. The second kappa shape index (κ2) is 7.45. The molecule has 0 radical (unpaired) electrons. The molecule has 3 rings (SSSR count). The summed E-state index contributed by atoms with van der Waals surface area (Å²) in [7, 11) is 0. The van der Waals surface area contributed by atoms with Gasteiger partial charge < -0.3 is 10.2 Å². The zero-order valence-corrected chi connectivity index (χ0v) is 13.8. The number of nitrogens with one attached hydrogen (secondary N) is 1. The van der Waals surface area contributed by atoms with Crippen molar-refractivity contribution in [2.24, 2.45) is 0 Å². The predicted molar refractivity (Wildman–Crippen MR) is 94.9 cm³/mol. The van der Waals surface area contributed by atoms with E-state index in [4.69, 9.17) is 0 Å². The van der Waals surface area contributed by atoms with Crippen molar-refractivity contribution in [3.63, 3.8) is 0 Å². The van der Waals surface area contributed by atoms with E-state index in [-0.39, 0.29) is 18.1 Å². The minimum absolute atomic E-state index is 0.177. The minimum Gasteiger partial charge on any atom is -0.369 e. The van der Waals surface area contributed by atoms with Gasteiger partial charge in [-0.05, 0) is 36.8 Å². The third-order valence-electron chi connectivity index (χ3n) is 4.25. The lowest BCUT2D eigenvalue weighted by Gasteiger charge is -2.35. The van der Waals surface area contributed by atoms with Gasteiger partial charge in [-0.15, -0.1) is 0 Å². The van der Waals surface area contributed by atoms with Crippen LogP contribution >= 0.6 is 0 Å². The molecule has 24 heavy (non-hydrogen) atoms. The van der Waals surface area contributed by atoms with Gasteiger partial charge in [-0.25, -0.2) is 4.39 Å². The van der Waals surface area contributed by atoms with Crippen molar-refractivity contribution in [2.75, 3.05) is 42.9 Å². The lowest BCUT2D eigenvalue weighted by molar-refractivity contribution is -0.117. The highest BCUT2D eigenvalue weighted by atomic mass is 19.1. The highest BCUT2D eigenvalue weighted by Crippen LogP contribution is 2.18. The Balaban J connectivity index is 1.50. The molecule has 0 atom stereocenters. The van der Waals surface area contributed by atoms with Gasteiger partial charge >= 0.3 is 0 Å². The summed E-state index contributed by atoms with van der Waals surface area (Å²) in [4.78, 5) is 16.5. The van der Waals surface area contributed by atoms with Gasteiger partial charge in [0, 0.05) is 31.9 Å². The molecule has 0 bridgehead atoms. The number of benzene rings is 2. The minimum atomic E-state index is -0.407. The topological polar surface area (TPSA) is 35.6 Å². The summed E-state index contributed by atoms with van der Waals surface area (Å²) in [6, 6.07) is 14.7. The summed E-state index contributed by atoms with van der Waals surface area (Å²) in [5.41, 5.74) is 2.71. The first-order valence-corrected chi connectivity index (χ1v) is 8.20. The zero-order valence-electron chi connectivity index (χ0n) is 13.8. The average molecular weight is 327 g/mol. The van der Waals surface area contributed by atoms with Crippen molar-refractivity contribution < 1.29 is 9.18 Å². The first-order chi connectivity index (χ1) is 11.6. The van der Waals surface area contributed by atoms with Gasteiger partial charge in [-0.1, -0.05) is 24.3 Å². The van der Waals surface area contributed by atoms with Crippen molar-refractivity contribution >= 4 is 17.3 Å². The van der Waals surface area contributed by atoms with Crippen LogP contribution in [0.3, 0.4) is 0 Å². The number of piperazine rings is 1. The zero-order chi connectivity index (χ0) is 16.9. The number of hydrogen-bond acceptors (Lipinski definition) is 3. The van der Waals surface area contributed by atoms with Crippen LogP contribution in [-0.2, 0) is 4.79 Å². The Hall–Kier alpha value is -2.40. The molecule has 1 fully saturated rings. The quantitative estimate of drug-likeness (QED) is 0.938. The van der Waals surface area contributed by atoms with Crippen LogP contribution in [0.2, 0.25) is 0 Å². The van der Waals surface area contributed by atoms with E-state index in [1.54, 1.807) is 18.2 Å².